The third-order valence-electron chi connectivity index (χ3n) is 3.49. The summed E-state index contributed by atoms with van der Waals surface area (Å²) in [6.45, 7) is 13.0. The van der Waals surface area contributed by atoms with Gasteiger partial charge < -0.3 is 9.84 Å². The van der Waals surface area contributed by atoms with Gasteiger partial charge in [0.15, 0.2) is 5.82 Å². The average Bonchev–Trinajstić information content (AvgIpc) is 2.98. The second kappa shape index (κ2) is 6.85. The quantitative estimate of drug-likeness (QED) is 0.847. The van der Waals surface area contributed by atoms with E-state index in [9.17, 15) is 0 Å². The molecule has 0 aliphatic carbocycles. The summed E-state index contributed by atoms with van der Waals surface area (Å²) in [5.74, 6) is 2.00. The molecule has 0 unspecified atom stereocenters. The molecule has 2 aromatic heterocycles. The monoisotopic (exact) mass is 291 g/mol. The highest BCUT2D eigenvalue weighted by atomic mass is 16.5. The lowest BCUT2D eigenvalue weighted by molar-refractivity contribution is 0.374. The molecule has 2 heterocycles. The Bertz CT molecular complexity index is 585. The number of nitrogens with zero attached hydrogens (tertiary/aromatic N) is 4. The summed E-state index contributed by atoms with van der Waals surface area (Å²) in [6, 6.07) is 0. The molecule has 0 saturated carbocycles. The van der Waals surface area contributed by atoms with E-state index in [-0.39, 0.29) is 0 Å². The van der Waals surface area contributed by atoms with Crippen molar-refractivity contribution in [2.45, 2.75) is 54.1 Å². The van der Waals surface area contributed by atoms with Crippen LogP contribution < -0.4 is 5.32 Å². The van der Waals surface area contributed by atoms with E-state index in [0.29, 0.717) is 24.2 Å². The fourth-order valence-corrected chi connectivity index (χ4v) is 2.26. The van der Waals surface area contributed by atoms with E-state index in [1.807, 2.05) is 18.5 Å². The predicted molar refractivity (Wildman–Crippen MR) is 81.0 cm³/mol. The molecule has 0 radical (unpaired) electrons. The van der Waals surface area contributed by atoms with Gasteiger partial charge in [0.1, 0.15) is 6.54 Å². The van der Waals surface area contributed by atoms with Crippen LogP contribution in [0.5, 0.6) is 0 Å². The van der Waals surface area contributed by atoms with Gasteiger partial charge in [-0.05, 0) is 26.3 Å². The maximum Gasteiger partial charge on any atom is 0.226 e. The molecule has 0 aliphatic rings. The van der Waals surface area contributed by atoms with Gasteiger partial charge in [-0.1, -0.05) is 25.9 Å². The molecule has 6 heteroatoms. The van der Waals surface area contributed by atoms with Gasteiger partial charge in [0.2, 0.25) is 5.89 Å². The van der Waals surface area contributed by atoms with Crippen LogP contribution >= 0.6 is 0 Å². The van der Waals surface area contributed by atoms with Crippen LogP contribution in [0.2, 0.25) is 0 Å². The highest BCUT2D eigenvalue weighted by molar-refractivity contribution is 5.24. The molecule has 0 saturated heterocycles. The highest BCUT2D eigenvalue weighted by Gasteiger charge is 2.13. The Morgan fingerprint density at radius 3 is 2.67 bits per heavy atom. The zero-order valence-electron chi connectivity index (χ0n) is 13.6. The smallest absolute Gasteiger partial charge is 0.226 e. The van der Waals surface area contributed by atoms with E-state index < -0.39 is 0 Å². The molecule has 1 N–H and O–H groups in total. The van der Waals surface area contributed by atoms with Crippen LogP contribution in [0, 0.1) is 19.8 Å². The minimum atomic E-state index is 0.556. The highest BCUT2D eigenvalue weighted by Crippen LogP contribution is 2.14. The maximum absolute atomic E-state index is 5.14. The van der Waals surface area contributed by atoms with E-state index in [4.69, 9.17) is 4.52 Å². The summed E-state index contributed by atoms with van der Waals surface area (Å²) in [7, 11) is 0. The van der Waals surface area contributed by atoms with Crippen molar-refractivity contribution in [1.29, 1.82) is 0 Å². The average molecular weight is 291 g/mol. The lowest BCUT2D eigenvalue weighted by Crippen LogP contribution is -2.19. The van der Waals surface area contributed by atoms with Gasteiger partial charge in [0.25, 0.3) is 0 Å². The van der Waals surface area contributed by atoms with E-state index >= 15 is 0 Å². The van der Waals surface area contributed by atoms with Gasteiger partial charge in [0, 0.05) is 24.2 Å². The van der Waals surface area contributed by atoms with Crippen LogP contribution in [0.4, 0.5) is 0 Å². The first-order chi connectivity index (χ1) is 10.0. The molecule has 0 atom stereocenters. The van der Waals surface area contributed by atoms with E-state index in [2.05, 4.69) is 41.3 Å². The topological polar surface area (TPSA) is 68.8 Å². The Balaban J connectivity index is 2.07. The largest absolute Gasteiger partial charge is 0.339 e. The summed E-state index contributed by atoms with van der Waals surface area (Å²) in [5, 5.41) is 12.0. The first-order valence-corrected chi connectivity index (χ1v) is 7.56. The number of aryl methyl sites for hydroxylation is 2. The minimum Gasteiger partial charge on any atom is -0.339 e. The molecule has 0 fully saturated rings. The Labute approximate surface area is 125 Å². The van der Waals surface area contributed by atoms with Crippen LogP contribution in [0.15, 0.2) is 4.52 Å². The van der Waals surface area contributed by atoms with Gasteiger partial charge in [-0.3, -0.25) is 4.68 Å². The molecule has 2 aromatic rings. The number of aromatic nitrogens is 4. The molecule has 0 aromatic carbocycles. The van der Waals surface area contributed by atoms with Gasteiger partial charge >= 0.3 is 0 Å². The van der Waals surface area contributed by atoms with Crippen molar-refractivity contribution in [3.05, 3.63) is 28.7 Å². The molecule has 116 valence electrons. The minimum absolute atomic E-state index is 0.556. The van der Waals surface area contributed by atoms with Crippen molar-refractivity contribution >= 4 is 0 Å². The fourth-order valence-electron chi connectivity index (χ4n) is 2.26. The SMILES string of the molecule is CCc1nc(Cn2nc(C)c(CNCC(C)C)c2C)no1. The third kappa shape index (κ3) is 3.91. The van der Waals surface area contributed by atoms with Gasteiger partial charge in [-0.15, -0.1) is 0 Å². The van der Waals surface area contributed by atoms with Crippen molar-refractivity contribution in [3.63, 3.8) is 0 Å². The lowest BCUT2D eigenvalue weighted by atomic mass is 10.2. The first-order valence-electron chi connectivity index (χ1n) is 7.56. The summed E-state index contributed by atoms with van der Waals surface area (Å²) in [6.07, 6.45) is 0.758. The summed E-state index contributed by atoms with van der Waals surface area (Å²) in [4.78, 5) is 4.34. The molecule has 21 heavy (non-hydrogen) atoms. The maximum atomic E-state index is 5.14. The van der Waals surface area contributed by atoms with Crippen molar-refractivity contribution in [1.82, 2.24) is 25.2 Å². The van der Waals surface area contributed by atoms with E-state index in [1.54, 1.807) is 0 Å². The van der Waals surface area contributed by atoms with Gasteiger partial charge in [0.05, 0.1) is 5.69 Å². The zero-order valence-corrected chi connectivity index (χ0v) is 13.6. The van der Waals surface area contributed by atoms with Crippen LogP contribution in [-0.2, 0) is 19.5 Å². The predicted octanol–water partition coefficient (Wildman–Crippen LogP) is 2.24. The second-order valence-electron chi connectivity index (χ2n) is 5.79. The van der Waals surface area contributed by atoms with Crippen molar-refractivity contribution in [2.75, 3.05) is 6.54 Å². The molecule has 0 aliphatic heterocycles. The first kappa shape index (κ1) is 15.7. The third-order valence-corrected chi connectivity index (χ3v) is 3.49. The van der Waals surface area contributed by atoms with Crippen LogP contribution in [0.25, 0.3) is 0 Å². The molecule has 0 amide bonds. The van der Waals surface area contributed by atoms with E-state index in [1.165, 1.54) is 5.56 Å². The Morgan fingerprint density at radius 2 is 2.05 bits per heavy atom. The van der Waals surface area contributed by atoms with Gasteiger partial charge in [-0.2, -0.15) is 10.1 Å². The number of hydrogen-bond acceptors (Lipinski definition) is 5. The molecule has 6 nitrogen and oxygen atoms in total. The number of hydrogen-bond donors (Lipinski definition) is 1. The van der Waals surface area contributed by atoms with Crippen molar-refractivity contribution in [2.24, 2.45) is 5.92 Å². The van der Waals surface area contributed by atoms with Gasteiger partial charge in [-0.25, -0.2) is 0 Å². The fraction of sp³-hybridized carbons (Fsp3) is 0.667. The van der Waals surface area contributed by atoms with Crippen LogP contribution in [-0.4, -0.2) is 26.5 Å². The molecule has 0 spiro atoms. The van der Waals surface area contributed by atoms with Crippen LogP contribution in [0.1, 0.15) is 49.4 Å². The molecular formula is C15H25N5O. The Hall–Kier alpha value is -1.69. The normalized spacial score (nSPS) is 11.5. The zero-order chi connectivity index (χ0) is 15.4. The molecule has 2 rings (SSSR count). The standard InChI is InChI=1S/C15H25N5O/c1-6-15-17-14(19-21-15)9-20-12(5)13(11(4)18-20)8-16-7-10(2)3/h10,16H,6-9H2,1-5H3. The summed E-state index contributed by atoms with van der Waals surface area (Å²) in [5.41, 5.74) is 3.48. The van der Waals surface area contributed by atoms with Crippen molar-refractivity contribution < 1.29 is 4.52 Å². The second-order valence-corrected chi connectivity index (χ2v) is 5.79. The lowest BCUT2D eigenvalue weighted by Gasteiger charge is -2.08. The van der Waals surface area contributed by atoms with Crippen LogP contribution in [0.3, 0.4) is 0 Å². The van der Waals surface area contributed by atoms with E-state index in [0.717, 1.165) is 30.9 Å². The number of nitrogens with one attached hydrogen (secondary N) is 1. The number of rotatable bonds is 7. The molecular weight excluding hydrogens is 266 g/mol. The Morgan fingerprint density at radius 1 is 1.29 bits per heavy atom. The van der Waals surface area contributed by atoms with Crippen molar-refractivity contribution in [3.8, 4) is 0 Å². The summed E-state index contributed by atoms with van der Waals surface area (Å²) >= 11 is 0. The Kier molecular flexibility index (Phi) is 5.12. The molecule has 0 bridgehead atoms. The summed E-state index contributed by atoms with van der Waals surface area (Å²) < 4.78 is 7.09.